The molecule has 1 amide bonds. The van der Waals surface area contributed by atoms with E-state index >= 15 is 0 Å². The Morgan fingerprint density at radius 2 is 1.93 bits per heavy atom. The van der Waals surface area contributed by atoms with Gasteiger partial charge in [0.05, 0.1) is 10.2 Å². The third-order valence-corrected chi connectivity index (χ3v) is 5.06. The van der Waals surface area contributed by atoms with Crippen molar-refractivity contribution in [3.63, 3.8) is 0 Å². The van der Waals surface area contributed by atoms with Crippen LogP contribution in [0.3, 0.4) is 0 Å². The summed E-state index contributed by atoms with van der Waals surface area (Å²) in [5.74, 6) is -0.750. The number of aryl methyl sites for hydroxylation is 2. The molecule has 0 spiro atoms. The largest absolute Gasteiger partial charge is 0.507 e. The van der Waals surface area contributed by atoms with Crippen LogP contribution in [0.1, 0.15) is 21.7 Å². The molecule has 0 saturated carbocycles. The summed E-state index contributed by atoms with van der Waals surface area (Å²) in [4.78, 5) is 28.1. The van der Waals surface area contributed by atoms with Crippen molar-refractivity contribution in [3.8, 4) is 5.75 Å². The third kappa shape index (κ3) is 4.95. The lowest BCUT2D eigenvalue weighted by Gasteiger charge is -2.09. The minimum absolute atomic E-state index is 0.254. The van der Waals surface area contributed by atoms with Gasteiger partial charge in [-0.05, 0) is 48.7 Å². The van der Waals surface area contributed by atoms with E-state index in [1.807, 2.05) is 24.3 Å². The normalized spacial score (nSPS) is 11.1. The van der Waals surface area contributed by atoms with Crippen LogP contribution in [0.4, 0.5) is 0 Å². The van der Waals surface area contributed by atoms with Gasteiger partial charge in [-0.2, -0.15) is 0 Å². The van der Waals surface area contributed by atoms with Gasteiger partial charge < -0.3 is 15.2 Å². The van der Waals surface area contributed by atoms with Crippen LogP contribution in [-0.2, 0) is 20.9 Å². The summed E-state index contributed by atoms with van der Waals surface area (Å²) in [6, 6.07) is 11.3. The molecule has 0 atom stereocenters. The Balaban J connectivity index is 1.46. The molecule has 1 aromatic heterocycles. The zero-order valence-electron chi connectivity index (χ0n) is 15.6. The number of para-hydroxylation sites is 1. The zero-order chi connectivity index (χ0) is 20.1. The van der Waals surface area contributed by atoms with Gasteiger partial charge in [-0.3, -0.25) is 4.79 Å². The van der Waals surface area contributed by atoms with Crippen molar-refractivity contribution in [2.75, 3.05) is 6.61 Å². The number of carbonyl (C=O) groups excluding carboxylic acids is 2. The summed E-state index contributed by atoms with van der Waals surface area (Å²) in [5, 5.41) is 13.2. The minimum atomic E-state index is -0.606. The van der Waals surface area contributed by atoms with Crippen molar-refractivity contribution in [2.45, 2.75) is 20.4 Å². The molecule has 0 saturated heterocycles. The molecule has 0 aliphatic heterocycles. The number of phenols is 1. The fourth-order valence-electron chi connectivity index (χ4n) is 2.68. The molecule has 7 heteroatoms. The zero-order valence-corrected chi connectivity index (χ0v) is 16.4. The van der Waals surface area contributed by atoms with Gasteiger partial charge >= 0.3 is 5.97 Å². The van der Waals surface area contributed by atoms with Gasteiger partial charge in [-0.15, -0.1) is 11.3 Å². The highest BCUT2D eigenvalue weighted by Gasteiger charge is 2.08. The number of rotatable bonds is 6. The van der Waals surface area contributed by atoms with E-state index in [0.717, 1.165) is 26.9 Å². The Morgan fingerprint density at radius 3 is 2.64 bits per heavy atom. The summed E-state index contributed by atoms with van der Waals surface area (Å²) in [5.41, 5.74) is 3.23. The Hall–Kier alpha value is -3.19. The van der Waals surface area contributed by atoms with Gasteiger partial charge in [-0.25, -0.2) is 9.78 Å². The average molecular weight is 396 g/mol. The number of hydrogen-bond donors (Lipinski definition) is 2. The van der Waals surface area contributed by atoms with Gasteiger partial charge in [0.25, 0.3) is 5.91 Å². The Morgan fingerprint density at radius 1 is 1.21 bits per heavy atom. The molecule has 2 N–H and O–H groups in total. The van der Waals surface area contributed by atoms with Crippen molar-refractivity contribution in [1.29, 1.82) is 0 Å². The molecule has 0 bridgehead atoms. The van der Waals surface area contributed by atoms with Crippen LogP contribution in [0.2, 0.25) is 0 Å². The number of carbonyl (C=O) groups is 2. The van der Waals surface area contributed by atoms with Gasteiger partial charge in [0, 0.05) is 12.6 Å². The van der Waals surface area contributed by atoms with Crippen molar-refractivity contribution in [1.82, 2.24) is 10.3 Å². The predicted molar refractivity (Wildman–Crippen MR) is 109 cm³/mol. The molecule has 28 heavy (non-hydrogen) atoms. The number of nitrogens with zero attached hydrogens (tertiary/aromatic N) is 1. The standard InChI is InChI=1S/C21H20N2O4S/c1-13-9-15(10-14(2)21(13)26)11-22-18(24)12-27-20(25)8-7-19-23-16-5-3-4-6-17(16)28-19/h3-10,26H,11-12H2,1-2H3,(H,22,24)/b8-7+. The Labute approximate surface area is 166 Å². The minimum Gasteiger partial charge on any atom is -0.507 e. The van der Waals surface area contributed by atoms with Crippen LogP contribution in [0.25, 0.3) is 16.3 Å². The van der Waals surface area contributed by atoms with E-state index in [-0.39, 0.29) is 12.4 Å². The van der Waals surface area contributed by atoms with E-state index in [2.05, 4.69) is 10.3 Å². The third-order valence-electron chi connectivity index (χ3n) is 4.06. The molecule has 0 aliphatic carbocycles. The van der Waals surface area contributed by atoms with Crippen LogP contribution in [0.15, 0.2) is 42.5 Å². The Bertz CT molecular complexity index is 999. The van der Waals surface area contributed by atoms with Gasteiger partial charge in [0.15, 0.2) is 6.61 Å². The smallest absolute Gasteiger partial charge is 0.331 e. The molecular weight excluding hydrogens is 376 g/mol. The molecular formula is C21H20N2O4S. The molecule has 1 heterocycles. The summed E-state index contributed by atoms with van der Waals surface area (Å²) in [6.45, 7) is 3.53. The molecule has 0 unspecified atom stereocenters. The van der Waals surface area contributed by atoms with Gasteiger partial charge in [0.2, 0.25) is 0 Å². The average Bonchev–Trinajstić information content (AvgIpc) is 3.10. The maximum atomic E-state index is 11.9. The van der Waals surface area contributed by atoms with Gasteiger partial charge in [-0.1, -0.05) is 24.3 Å². The van der Waals surface area contributed by atoms with Gasteiger partial charge in [0.1, 0.15) is 10.8 Å². The molecule has 144 valence electrons. The molecule has 3 rings (SSSR count). The number of hydrogen-bond acceptors (Lipinski definition) is 6. The van der Waals surface area contributed by atoms with Crippen LogP contribution in [0, 0.1) is 13.8 Å². The predicted octanol–water partition coefficient (Wildman–Crippen LogP) is 3.49. The number of esters is 1. The van der Waals surface area contributed by atoms with Crippen LogP contribution < -0.4 is 5.32 Å². The van der Waals surface area contributed by atoms with E-state index < -0.39 is 11.9 Å². The first kappa shape index (κ1) is 19.6. The van der Waals surface area contributed by atoms with Crippen LogP contribution >= 0.6 is 11.3 Å². The first-order chi connectivity index (χ1) is 13.4. The first-order valence-corrected chi connectivity index (χ1v) is 9.50. The monoisotopic (exact) mass is 396 g/mol. The summed E-state index contributed by atoms with van der Waals surface area (Å²) >= 11 is 1.47. The molecule has 0 radical (unpaired) electrons. The lowest BCUT2D eigenvalue weighted by Crippen LogP contribution is -2.28. The van der Waals surface area contributed by atoms with E-state index in [1.165, 1.54) is 17.4 Å². The van der Waals surface area contributed by atoms with Crippen molar-refractivity contribution in [3.05, 3.63) is 64.2 Å². The number of nitrogens with one attached hydrogen (secondary N) is 1. The van der Waals surface area contributed by atoms with Crippen LogP contribution in [-0.4, -0.2) is 28.6 Å². The first-order valence-electron chi connectivity index (χ1n) is 8.68. The fourth-order valence-corrected chi connectivity index (χ4v) is 3.56. The lowest BCUT2D eigenvalue weighted by atomic mass is 10.1. The highest BCUT2D eigenvalue weighted by Crippen LogP contribution is 2.23. The SMILES string of the molecule is Cc1cc(CNC(=O)COC(=O)/C=C/c2nc3ccccc3s2)cc(C)c1O. The highest BCUT2D eigenvalue weighted by atomic mass is 32.1. The van der Waals surface area contributed by atoms with Crippen molar-refractivity contribution in [2.24, 2.45) is 0 Å². The van der Waals surface area contributed by atoms with E-state index in [0.29, 0.717) is 11.6 Å². The number of amides is 1. The Kier molecular flexibility index (Phi) is 6.06. The second kappa shape index (κ2) is 8.67. The van der Waals surface area contributed by atoms with E-state index in [1.54, 1.807) is 32.1 Å². The number of phenolic OH excluding ortho intramolecular Hbond substituents is 1. The number of ether oxygens (including phenoxy) is 1. The maximum Gasteiger partial charge on any atom is 0.331 e. The second-order valence-corrected chi connectivity index (χ2v) is 7.38. The quantitative estimate of drug-likeness (QED) is 0.492. The van der Waals surface area contributed by atoms with Crippen molar-refractivity contribution < 1.29 is 19.4 Å². The number of fused-ring (bicyclic) bond motifs is 1. The lowest BCUT2D eigenvalue weighted by molar-refractivity contribution is -0.143. The van der Waals surface area contributed by atoms with E-state index in [4.69, 9.17) is 4.74 Å². The number of aromatic nitrogens is 1. The number of aromatic hydroxyl groups is 1. The number of thiazole rings is 1. The summed E-state index contributed by atoms with van der Waals surface area (Å²) in [6.07, 6.45) is 2.84. The van der Waals surface area contributed by atoms with E-state index in [9.17, 15) is 14.7 Å². The second-order valence-electron chi connectivity index (χ2n) is 6.32. The summed E-state index contributed by atoms with van der Waals surface area (Å²) < 4.78 is 5.99. The molecule has 0 aliphatic rings. The van der Waals surface area contributed by atoms with Crippen molar-refractivity contribution >= 4 is 39.5 Å². The fraction of sp³-hybridized carbons (Fsp3) is 0.190. The number of benzene rings is 2. The molecule has 3 aromatic rings. The molecule has 2 aromatic carbocycles. The topological polar surface area (TPSA) is 88.5 Å². The highest BCUT2D eigenvalue weighted by molar-refractivity contribution is 7.19. The van der Waals surface area contributed by atoms with Crippen LogP contribution in [0.5, 0.6) is 5.75 Å². The molecule has 0 fully saturated rings. The molecule has 6 nitrogen and oxygen atoms in total. The maximum absolute atomic E-state index is 11.9. The summed E-state index contributed by atoms with van der Waals surface area (Å²) in [7, 11) is 0.